The minimum absolute atomic E-state index is 0.0492. The smallest absolute Gasteiger partial charge is 0.408 e. The Hall–Kier alpha value is -3.60. The molecule has 0 bridgehead atoms. The lowest BCUT2D eigenvalue weighted by atomic mass is 9.85. The molecule has 11 nitrogen and oxygen atoms in total. The number of carbonyl (C=O) groups excluding carboxylic acids is 3. The molecule has 1 aliphatic heterocycles. The third-order valence-electron chi connectivity index (χ3n) is 10.3. The van der Waals surface area contributed by atoms with E-state index in [1.54, 1.807) is 25.3 Å². The zero-order valence-corrected chi connectivity index (χ0v) is 31.2. The Morgan fingerprint density at radius 2 is 1.88 bits per heavy atom. The number of nitrogens with zero attached hydrogens (tertiary/aromatic N) is 3. The van der Waals surface area contributed by atoms with Crippen molar-refractivity contribution in [3.05, 3.63) is 36.0 Å². The van der Waals surface area contributed by atoms with Crippen LogP contribution in [0.5, 0.6) is 11.6 Å². The number of amides is 2. The third-order valence-corrected chi connectivity index (χ3v) is 10.6. The second-order valence-corrected chi connectivity index (χ2v) is 15.9. The number of likely N-dealkylation sites (tertiary alicyclic amines) is 1. The second kappa shape index (κ2) is 15.7. The molecule has 0 radical (unpaired) electrons. The van der Waals surface area contributed by atoms with Gasteiger partial charge < -0.3 is 29.2 Å². The van der Waals surface area contributed by atoms with Gasteiger partial charge in [0.2, 0.25) is 5.91 Å². The van der Waals surface area contributed by atoms with E-state index in [2.05, 4.69) is 21.9 Å². The fourth-order valence-corrected chi connectivity index (χ4v) is 7.82. The number of rotatable bonds is 14. The molecule has 0 spiro atoms. The summed E-state index contributed by atoms with van der Waals surface area (Å²) in [6.07, 6.45) is 5.93. The Labute approximate surface area is 300 Å². The number of alkyl carbamates (subject to hydrolysis) is 1. The number of nitrogens with one attached hydrogen (secondary N) is 1. The summed E-state index contributed by atoms with van der Waals surface area (Å²) >= 11 is 6.56. The Morgan fingerprint density at radius 3 is 2.54 bits per heavy atom. The number of carbonyl (C=O) groups is 3. The first-order chi connectivity index (χ1) is 23.7. The first-order valence-corrected chi connectivity index (χ1v) is 18.4. The average molecular weight is 713 g/mol. The van der Waals surface area contributed by atoms with Crippen molar-refractivity contribution < 1.29 is 33.3 Å². The van der Waals surface area contributed by atoms with Crippen molar-refractivity contribution in [1.29, 1.82) is 0 Å². The van der Waals surface area contributed by atoms with Crippen LogP contribution < -0.4 is 14.8 Å². The molecule has 1 aromatic carbocycles. The second-order valence-electron chi connectivity index (χ2n) is 15.5. The third kappa shape index (κ3) is 8.46. The van der Waals surface area contributed by atoms with Gasteiger partial charge in [0.05, 0.1) is 31.3 Å². The molecule has 3 fully saturated rings. The van der Waals surface area contributed by atoms with E-state index in [-0.39, 0.29) is 36.2 Å². The molecule has 2 aromatic rings. The number of methoxy groups -OCH3 is 1. The maximum atomic E-state index is 14.6. The van der Waals surface area contributed by atoms with Crippen LogP contribution in [0.25, 0.3) is 11.0 Å². The predicted molar refractivity (Wildman–Crippen MR) is 191 cm³/mol. The zero-order valence-electron chi connectivity index (χ0n) is 30.4. The molecule has 5 rings (SSSR count). The standard InChI is InChI=1S/C38H53ClN4O7/c1-9-11-12-13-25-26-16-22(26)17-29(25)50-37(46)42-32(38(5,6)7)35(44)43-19-30(24(10-2)31(43)36(45)48-20-21(3)4)49-34-33(39)40-27-15-14-23(47-8)18-28(27)41-34/h9,14-15,18,21-22,24-26,29-32H,1,10-13,16-17,19-20H2,2-8H3,(H,42,46)/t22?,24-,25-,26+,29-,30+,31+,32-/m1/s1. The van der Waals surface area contributed by atoms with Crippen molar-refractivity contribution in [3.8, 4) is 11.6 Å². The number of unbranched alkanes of at least 4 members (excludes halogenated alkanes) is 1. The Balaban J connectivity index is 1.38. The number of ether oxygens (including phenoxy) is 4. The SMILES string of the molecule is C=CCCC[C@H]1[C@H](OC(=O)N[C@H](C(=O)N2C[C@H](Oc3nc4cc(OC)ccc4nc3Cl)[C@@H](CC)[C@H]2C(=O)OCC(C)C)C(C)(C)C)CC2C[C@@H]21. The molecule has 8 atom stereocenters. The molecule has 2 saturated carbocycles. The van der Waals surface area contributed by atoms with Crippen molar-refractivity contribution >= 4 is 40.6 Å². The van der Waals surface area contributed by atoms with E-state index >= 15 is 0 Å². The highest BCUT2D eigenvalue weighted by molar-refractivity contribution is 6.31. The monoisotopic (exact) mass is 712 g/mol. The van der Waals surface area contributed by atoms with Crippen LogP contribution in [0.1, 0.15) is 80.1 Å². The fourth-order valence-electron chi connectivity index (χ4n) is 7.65. The van der Waals surface area contributed by atoms with Crippen molar-refractivity contribution in [2.75, 3.05) is 20.3 Å². The van der Waals surface area contributed by atoms with Crippen molar-refractivity contribution in [1.82, 2.24) is 20.2 Å². The molecule has 3 aliphatic rings. The number of fused-ring (bicyclic) bond motifs is 2. The van der Waals surface area contributed by atoms with Crippen molar-refractivity contribution in [3.63, 3.8) is 0 Å². The summed E-state index contributed by atoms with van der Waals surface area (Å²) in [5.41, 5.74) is 0.377. The molecular formula is C38H53ClN4O7. The average Bonchev–Trinajstić information content (AvgIpc) is 3.60. The molecule has 274 valence electrons. The highest BCUT2D eigenvalue weighted by atomic mass is 35.5. The summed E-state index contributed by atoms with van der Waals surface area (Å²) < 4.78 is 23.5. The van der Waals surface area contributed by atoms with Crippen LogP contribution >= 0.6 is 11.6 Å². The minimum atomic E-state index is -0.988. The van der Waals surface area contributed by atoms with E-state index in [9.17, 15) is 14.4 Å². The van der Waals surface area contributed by atoms with Crippen LogP contribution in [-0.2, 0) is 19.1 Å². The maximum absolute atomic E-state index is 14.6. The first-order valence-electron chi connectivity index (χ1n) is 18.0. The quantitative estimate of drug-likeness (QED) is 0.125. The van der Waals surface area contributed by atoms with Gasteiger partial charge >= 0.3 is 12.1 Å². The van der Waals surface area contributed by atoms with Gasteiger partial charge in [-0.05, 0) is 79.7 Å². The van der Waals surface area contributed by atoms with Crippen LogP contribution in [0, 0.1) is 35.0 Å². The van der Waals surface area contributed by atoms with Crippen LogP contribution in [-0.4, -0.2) is 77.4 Å². The Kier molecular flexibility index (Phi) is 11.9. The van der Waals surface area contributed by atoms with Gasteiger partial charge in [0.15, 0.2) is 5.15 Å². The molecule has 2 heterocycles. The van der Waals surface area contributed by atoms with Crippen LogP contribution in [0.3, 0.4) is 0 Å². The summed E-state index contributed by atoms with van der Waals surface area (Å²) in [4.78, 5) is 52.5. The van der Waals surface area contributed by atoms with Gasteiger partial charge in [-0.2, -0.15) is 0 Å². The number of allylic oxidation sites excluding steroid dienone is 1. The molecule has 1 aromatic heterocycles. The lowest BCUT2D eigenvalue weighted by Gasteiger charge is -2.35. The van der Waals surface area contributed by atoms with Crippen molar-refractivity contribution in [2.24, 2.45) is 35.0 Å². The van der Waals surface area contributed by atoms with E-state index in [4.69, 9.17) is 30.5 Å². The van der Waals surface area contributed by atoms with E-state index in [0.29, 0.717) is 41.0 Å². The number of aromatic nitrogens is 2. The largest absolute Gasteiger partial charge is 0.497 e. The van der Waals surface area contributed by atoms with Crippen LogP contribution in [0.2, 0.25) is 5.15 Å². The number of benzene rings is 1. The van der Waals surface area contributed by atoms with Gasteiger partial charge in [0.25, 0.3) is 5.88 Å². The lowest BCUT2D eigenvalue weighted by Crippen LogP contribution is -2.57. The normalized spacial score (nSPS) is 26.3. The van der Waals surface area contributed by atoms with E-state index < -0.39 is 47.5 Å². The number of esters is 1. The highest BCUT2D eigenvalue weighted by Gasteiger charge is 2.55. The molecule has 2 aliphatic carbocycles. The molecule has 50 heavy (non-hydrogen) atoms. The molecule has 2 amide bonds. The topological polar surface area (TPSA) is 129 Å². The van der Waals surface area contributed by atoms with Crippen molar-refractivity contribution in [2.45, 2.75) is 104 Å². The molecule has 1 saturated heterocycles. The van der Waals surface area contributed by atoms with Gasteiger partial charge in [-0.1, -0.05) is 59.2 Å². The summed E-state index contributed by atoms with van der Waals surface area (Å²) in [6, 6.07) is 3.31. The maximum Gasteiger partial charge on any atom is 0.408 e. The Morgan fingerprint density at radius 1 is 1.12 bits per heavy atom. The minimum Gasteiger partial charge on any atom is -0.497 e. The Bertz CT molecular complexity index is 1560. The molecular weight excluding hydrogens is 660 g/mol. The fraction of sp³-hybridized carbons (Fsp3) is 0.658. The van der Waals surface area contributed by atoms with Crippen LogP contribution in [0.4, 0.5) is 4.79 Å². The highest BCUT2D eigenvalue weighted by Crippen LogP contribution is 2.57. The predicted octanol–water partition coefficient (Wildman–Crippen LogP) is 7.00. The molecule has 1 unspecified atom stereocenters. The van der Waals surface area contributed by atoms with E-state index in [1.165, 1.54) is 11.3 Å². The summed E-state index contributed by atoms with van der Waals surface area (Å²) in [5.74, 6) is 0.932. The summed E-state index contributed by atoms with van der Waals surface area (Å²) in [5, 5.41) is 2.97. The van der Waals surface area contributed by atoms with Crippen LogP contribution in [0.15, 0.2) is 30.9 Å². The first kappa shape index (κ1) is 37.7. The number of hydrogen-bond acceptors (Lipinski definition) is 9. The van der Waals surface area contributed by atoms with Gasteiger partial charge in [0.1, 0.15) is 30.0 Å². The van der Waals surface area contributed by atoms with Gasteiger partial charge in [-0.3, -0.25) is 4.79 Å². The van der Waals surface area contributed by atoms with Gasteiger partial charge in [-0.25, -0.2) is 19.6 Å². The number of hydrogen-bond donors (Lipinski definition) is 1. The molecule has 12 heteroatoms. The molecule has 1 N–H and O–H groups in total. The number of halogens is 1. The summed E-state index contributed by atoms with van der Waals surface area (Å²) in [7, 11) is 1.56. The van der Waals surface area contributed by atoms with E-state index in [1.807, 2.05) is 47.6 Å². The zero-order chi connectivity index (χ0) is 36.3. The lowest BCUT2D eigenvalue weighted by molar-refractivity contribution is -0.157. The van der Waals surface area contributed by atoms with Gasteiger partial charge in [-0.15, -0.1) is 6.58 Å². The summed E-state index contributed by atoms with van der Waals surface area (Å²) in [6.45, 7) is 15.6. The van der Waals surface area contributed by atoms with E-state index in [0.717, 1.165) is 25.7 Å². The van der Waals surface area contributed by atoms with Gasteiger partial charge in [0, 0.05) is 12.0 Å².